The van der Waals surface area contributed by atoms with Crippen LogP contribution in [0, 0.1) is 0 Å². The molecule has 0 radical (unpaired) electrons. The lowest BCUT2D eigenvalue weighted by molar-refractivity contribution is -0.147. The van der Waals surface area contributed by atoms with Crippen LogP contribution in [-0.2, 0) is 25.6 Å². The highest BCUT2D eigenvalue weighted by molar-refractivity contribution is 5.80. The van der Waals surface area contributed by atoms with Crippen LogP contribution >= 0.6 is 0 Å². The zero-order valence-electron chi connectivity index (χ0n) is 15.5. The van der Waals surface area contributed by atoms with E-state index in [9.17, 15) is 9.59 Å². The number of carbonyl (C=O) groups excluding carboxylic acids is 2. The van der Waals surface area contributed by atoms with Gasteiger partial charge in [-0.15, -0.1) is 0 Å². The van der Waals surface area contributed by atoms with Crippen LogP contribution in [0.4, 0.5) is 4.79 Å². The second-order valence-corrected chi connectivity index (χ2v) is 6.44. The minimum absolute atomic E-state index is 0.106. The smallest absolute Gasteiger partial charge is 0.408 e. The highest BCUT2D eigenvalue weighted by Gasteiger charge is 2.21. The summed E-state index contributed by atoms with van der Waals surface area (Å²) in [6.07, 6.45) is -0.660. The van der Waals surface area contributed by atoms with Crippen molar-refractivity contribution in [2.45, 2.75) is 45.9 Å². The van der Waals surface area contributed by atoms with E-state index in [1.165, 1.54) is 6.92 Å². The molecular weight excluding hydrogens is 326 g/mol. The molecule has 1 amide bonds. The molecule has 0 unspecified atom stereocenters. The fourth-order valence-corrected chi connectivity index (χ4v) is 1.78. The number of amides is 1. The lowest BCUT2D eigenvalue weighted by atomic mass is 10.2. The number of rotatable bonds is 8. The van der Waals surface area contributed by atoms with Gasteiger partial charge in [0.25, 0.3) is 0 Å². The van der Waals surface area contributed by atoms with Gasteiger partial charge in [0.2, 0.25) is 0 Å². The molecule has 0 spiro atoms. The van der Waals surface area contributed by atoms with E-state index < -0.39 is 23.7 Å². The predicted molar refractivity (Wildman–Crippen MR) is 92.4 cm³/mol. The van der Waals surface area contributed by atoms with E-state index in [0.29, 0.717) is 6.61 Å². The van der Waals surface area contributed by atoms with Gasteiger partial charge in [-0.1, -0.05) is 12.1 Å². The van der Waals surface area contributed by atoms with Crippen LogP contribution in [0.5, 0.6) is 5.75 Å². The molecule has 7 heteroatoms. The van der Waals surface area contributed by atoms with Crippen molar-refractivity contribution in [2.75, 3.05) is 20.3 Å². The Bertz CT molecular complexity index is 550. The first-order valence-corrected chi connectivity index (χ1v) is 8.08. The van der Waals surface area contributed by atoms with E-state index in [2.05, 4.69) is 5.32 Å². The molecule has 0 aliphatic heterocycles. The third-order valence-corrected chi connectivity index (χ3v) is 2.99. The number of benzene rings is 1. The van der Waals surface area contributed by atoms with Crippen LogP contribution in [0.1, 0.15) is 33.3 Å². The number of nitrogens with one attached hydrogen (secondary N) is 1. The molecule has 1 N–H and O–H groups in total. The second kappa shape index (κ2) is 9.88. The first-order chi connectivity index (χ1) is 11.7. The molecular formula is C18H27NO6. The van der Waals surface area contributed by atoms with Crippen LogP contribution in [-0.4, -0.2) is 44.0 Å². The molecule has 0 fully saturated rings. The highest BCUT2D eigenvalue weighted by atomic mass is 16.6. The summed E-state index contributed by atoms with van der Waals surface area (Å²) in [6.45, 7) is 7.55. The van der Waals surface area contributed by atoms with Crippen LogP contribution in [0.3, 0.4) is 0 Å². The highest BCUT2D eigenvalue weighted by Crippen LogP contribution is 2.11. The summed E-state index contributed by atoms with van der Waals surface area (Å²) >= 11 is 0. The quantitative estimate of drug-likeness (QED) is 0.571. The zero-order chi connectivity index (χ0) is 18.9. The third kappa shape index (κ3) is 8.95. The summed E-state index contributed by atoms with van der Waals surface area (Å²) in [4.78, 5) is 23.4. The lowest BCUT2D eigenvalue weighted by Gasteiger charge is -2.21. The molecule has 0 bridgehead atoms. The number of esters is 1. The van der Waals surface area contributed by atoms with Gasteiger partial charge in [0.05, 0.1) is 20.3 Å². The molecule has 1 atom stereocenters. The molecule has 0 heterocycles. The van der Waals surface area contributed by atoms with Gasteiger partial charge in [0.15, 0.2) is 0 Å². The summed E-state index contributed by atoms with van der Waals surface area (Å²) in [6, 6.07) is 6.71. The minimum Gasteiger partial charge on any atom is -0.497 e. The maximum Gasteiger partial charge on any atom is 0.408 e. The molecule has 1 aromatic rings. The molecule has 140 valence electrons. The molecule has 7 nitrogen and oxygen atoms in total. The fraction of sp³-hybridized carbons (Fsp3) is 0.556. The maximum absolute atomic E-state index is 11.8. The van der Waals surface area contributed by atoms with Crippen molar-refractivity contribution in [1.82, 2.24) is 5.32 Å². The Balaban J connectivity index is 2.19. The first kappa shape index (κ1) is 20.8. The van der Waals surface area contributed by atoms with Crippen LogP contribution in [0.2, 0.25) is 0 Å². The molecule has 0 saturated heterocycles. The lowest BCUT2D eigenvalue weighted by Crippen LogP contribution is -2.42. The predicted octanol–water partition coefficient (Wildman–Crippen LogP) is 2.67. The average Bonchev–Trinajstić information content (AvgIpc) is 2.53. The first-order valence-electron chi connectivity index (χ1n) is 8.08. The van der Waals surface area contributed by atoms with Gasteiger partial charge in [-0.05, 0) is 45.4 Å². The van der Waals surface area contributed by atoms with Gasteiger partial charge >= 0.3 is 12.1 Å². The number of ether oxygens (including phenoxy) is 4. The Morgan fingerprint density at radius 1 is 1.12 bits per heavy atom. The summed E-state index contributed by atoms with van der Waals surface area (Å²) in [5.74, 6) is 0.239. The average molecular weight is 353 g/mol. The minimum atomic E-state index is -0.795. The van der Waals surface area contributed by atoms with Gasteiger partial charge in [0, 0.05) is 0 Å². The Labute approximate surface area is 148 Å². The summed E-state index contributed by atoms with van der Waals surface area (Å²) in [5, 5.41) is 2.43. The van der Waals surface area contributed by atoms with Crippen molar-refractivity contribution in [3.63, 3.8) is 0 Å². The summed E-state index contributed by atoms with van der Waals surface area (Å²) in [5.41, 5.74) is 0.371. The van der Waals surface area contributed by atoms with Crippen molar-refractivity contribution in [3.8, 4) is 5.75 Å². The number of alkyl carbamates (subject to hydrolysis) is 1. The Morgan fingerprint density at radius 3 is 2.32 bits per heavy atom. The summed E-state index contributed by atoms with van der Waals surface area (Å²) in [7, 11) is 1.61. The molecule has 1 rings (SSSR count). The molecule has 25 heavy (non-hydrogen) atoms. The fourth-order valence-electron chi connectivity index (χ4n) is 1.78. The van der Waals surface area contributed by atoms with Crippen LogP contribution in [0.25, 0.3) is 0 Å². The number of hydrogen-bond donors (Lipinski definition) is 1. The number of methoxy groups -OCH3 is 1. The Morgan fingerprint density at radius 2 is 1.76 bits per heavy atom. The second-order valence-electron chi connectivity index (χ2n) is 6.44. The molecule has 0 saturated carbocycles. The molecule has 0 aromatic heterocycles. The van der Waals surface area contributed by atoms with Gasteiger partial charge in [-0.2, -0.15) is 0 Å². The summed E-state index contributed by atoms with van der Waals surface area (Å²) < 4.78 is 20.6. The SMILES string of the molecule is COc1ccc(COCCOC(=O)[C@H](C)NC(=O)OC(C)(C)C)cc1. The van der Waals surface area contributed by atoms with Gasteiger partial charge in [-0.25, -0.2) is 9.59 Å². The molecule has 0 aliphatic rings. The van der Waals surface area contributed by atoms with Crippen LogP contribution < -0.4 is 10.1 Å². The van der Waals surface area contributed by atoms with E-state index in [4.69, 9.17) is 18.9 Å². The monoisotopic (exact) mass is 353 g/mol. The van der Waals surface area contributed by atoms with Crippen molar-refractivity contribution in [1.29, 1.82) is 0 Å². The Kier molecular flexibility index (Phi) is 8.21. The standard InChI is InChI=1S/C18H27NO6/c1-13(19-17(21)25-18(2,3)4)16(20)24-11-10-23-12-14-6-8-15(22-5)9-7-14/h6-9,13H,10-12H2,1-5H3,(H,19,21)/t13-/m0/s1. The Hall–Kier alpha value is -2.28. The van der Waals surface area contributed by atoms with E-state index in [-0.39, 0.29) is 13.2 Å². The van der Waals surface area contributed by atoms with E-state index in [1.54, 1.807) is 27.9 Å². The largest absolute Gasteiger partial charge is 0.497 e. The molecule has 1 aromatic carbocycles. The normalized spacial score (nSPS) is 12.2. The van der Waals surface area contributed by atoms with Gasteiger partial charge < -0.3 is 24.3 Å². The van der Waals surface area contributed by atoms with Crippen molar-refractivity contribution < 1.29 is 28.5 Å². The van der Waals surface area contributed by atoms with Gasteiger partial charge in [0.1, 0.15) is 24.0 Å². The van der Waals surface area contributed by atoms with E-state index in [0.717, 1.165) is 11.3 Å². The van der Waals surface area contributed by atoms with Crippen molar-refractivity contribution >= 4 is 12.1 Å². The number of hydrogen-bond acceptors (Lipinski definition) is 6. The molecule has 0 aliphatic carbocycles. The third-order valence-electron chi connectivity index (χ3n) is 2.99. The van der Waals surface area contributed by atoms with E-state index >= 15 is 0 Å². The topological polar surface area (TPSA) is 83.1 Å². The van der Waals surface area contributed by atoms with Crippen LogP contribution in [0.15, 0.2) is 24.3 Å². The van der Waals surface area contributed by atoms with E-state index in [1.807, 2.05) is 24.3 Å². The van der Waals surface area contributed by atoms with Gasteiger partial charge in [-0.3, -0.25) is 0 Å². The zero-order valence-corrected chi connectivity index (χ0v) is 15.5. The van der Waals surface area contributed by atoms with Crippen molar-refractivity contribution in [3.05, 3.63) is 29.8 Å². The van der Waals surface area contributed by atoms with Crippen molar-refractivity contribution in [2.24, 2.45) is 0 Å². The maximum atomic E-state index is 11.8. The number of carbonyl (C=O) groups is 2.